The number of carbonyl (C=O) groups is 1. The van der Waals surface area contributed by atoms with Crippen LogP contribution in [0.5, 0.6) is 0 Å². The molecule has 1 aliphatic carbocycles. The third kappa shape index (κ3) is 3.30. The van der Waals surface area contributed by atoms with Gasteiger partial charge < -0.3 is 10.4 Å². The molecule has 92 valence electrons. The van der Waals surface area contributed by atoms with Gasteiger partial charge in [0.25, 0.3) is 0 Å². The average molecular weight is 233 g/mol. The molecule has 1 saturated carbocycles. The van der Waals surface area contributed by atoms with E-state index in [0.717, 1.165) is 30.5 Å². The molecule has 1 fully saturated rings. The number of hydrogen-bond acceptors (Lipinski definition) is 2. The Morgan fingerprint density at radius 2 is 2.29 bits per heavy atom. The highest BCUT2D eigenvalue weighted by molar-refractivity contribution is 5.94. The van der Waals surface area contributed by atoms with E-state index < -0.39 is 0 Å². The Hall–Kier alpha value is -1.35. The second-order valence-corrected chi connectivity index (χ2v) is 4.84. The largest absolute Gasteiger partial charge is 0.396 e. The zero-order valence-electron chi connectivity index (χ0n) is 10.1. The molecule has 2 N–H and O–H groups in total. The quantitative estimate of drug-likeness (QED) is 0.819. The SMILES string of the molecule is CC1CC1C(=O)Nc1cccc(CCCO)c1. The molecular weight excluding hydrogens is 214 g/mol. The highest BCUT2D eigenvalue weighted by Gasteiger charge is 2.38. The smallest absolute Gasteiger partial charge is 0.227 e. The molecule has 0 saturated heterocycles. The molecule has 3 nitrogen and oxygen atoms in total. The van der Waals surface area contributed by atoms with Crippen molar-refractivity contribution in [2.24, 2.45) is 11.8 Å². The zero-order chi connectivity index (χ0) is 12.3. The van der Waals surface area contributed by atoms with Crippen molar-refractivity contribution in [3.05, 3.63) is 29.8 Å². The maximum absolute atomic E-state index is 11.8. The summed E-state index contributed by atoms with van der Waals surface area (Å²) in [6.07, 6.45) is 2.62. The van der Waals surface area contributed by atoms with Crippen LogP contribution in [0.15, 0.2) is 24.3 Å². The summed E-state index contributed by atoms with van der Waals surface area (Å²) in [5, 5.41) is 11.7. The Morgan fingerprint density at radius 1 is 1.53 bits per heavy atom. The van der Waals surface area contributed by atoms with Gasteiger partial charge in [0.2, 0.25) is 5.91 Å². The number of rotatable bonds is 5. The summed E-state index contributed by atoms with van der Waals surface area (Å²) < 4.78 is 0. The zero-order valence-corrected chi connectivity index (χ0v) is 10.1. The number of benzene rings is 1. The van der Waals surface area contributed by atoms with Crippen molar-refractivity contribution in [1.29, 1.82) is 0 Å². The van der Waals surface area contributed by atoms with Gasteiger partial charge in [-0.15, -0.1) is 0 Å². The van der Waals surface area contributed by atoms with Crippen LogP contribution in [-0.2, 0) is 11.2 Å². The normalized spacial score (nSPS) is 22.2. The van der Waals surface area contributed by atoms with Gasteiger partial charge in [-0.1, -0.05) is 19.1 Å². The Balaban J connectivity index is 1.93. The fourth-order valence-electron chi connectivity index (χ4n) is 2.01. The van der Waals surface area contributed by atoms with Crippen LogP contribution in [0.1, 0.15) is 25.3 Å². The number of anilines is 1. The fraction of sp³-hybridized carbons (Fsp3) is 0.500. The number of nitrogens with one attached hydrogen (secondary N) is 1. The van der Waals surface area contributed by atoms with E-state index in [-0.39, 0.29) is 18.4 Å². The molecule has 1 aliphatic rings. The van der Waals surface area contributed by atoms with Crippen LogP contribution in [0.3, 0.4) is 0 Å². The summed E-state index contributed by atoms with van der Waals surface area (Å²) in [6, 6.07) is 7.86. The number of aliphatic hydroxyl groups is 1. The third-order valence-corrected chi connectivity index (χ3v) is 3.26. The molecule has 3 heteroatoms. The van der Waals surface area contributed by atoms with Crippen molar-refractivity contribution in [1.82, 2.24) is 0 Å². The molecular formula is C14H19NO2. The minimum Gasteiger partial charge on any atom is -0.396 e. The summed E-state index contributed by atoms with van der Waals surface area (Å²) in [5.41, 5.74) is 2.02. The molecule has 0 heterocycles. The van der Waals surface area contributed by atoms with Crippen LogP contribution in [0.2, 0.25) is 0 Å². The van der Waals surface area contributed by atoms with E-state index >= 15 is 0 Å². The van der Waals surface area contributed by atoms with Crippen molar-refractivity contribution >= 4 is 11.6 Å². The van der Waals surface area contributed by atoms with Gasteiger partial charge in [0.15, 0.2) is 0 Å². The van der Waals surface area contributed by atoms with Gasteiger partial charge in [0.1, 0.15) is 0 Å². The number of carbonyl (C=O) groups excluding carboxylic acids is 1. The van der Waals surface area contributed by atoms with Crippen LogP contribution in [-0.4, -0.2) is 17.6 Å². The molecule has 1 aromatic carbocycles. The number of aliphatic hydroxyl groups excluding tert-OH is 1. The molecule has 0 radical (unpaired) electrons. The van der Waals surface area contributed by atoms with E-state index in [9.17, 15) is 4.79 Å². The van der Waals surface area contributed by atoms with Crippen LogP contribution in [0.4, 0.5) is 5.69 Å². The van der Waals surface area contributed by atoms with Gasteiger partial charge >= 0.3 is 0 Å². The lowest BCUT2D eigenvalue weighted by Gasteiger charge is -2.06. The second-order valence-electron chi connectivity index (χ2n) is 4.84. The van der Waals surface area contributed by atoms with Gasteiger partial charge in [0.05, 0.1) is 0 Å². The van der Waals surface area contributed by atoms with E-state index in [1.54, 1.807) is 0 Å². The summed E-state index contributed by atoms with van der Waals surface area (Å²) >= 11 is 0. The van der Waals surface area contributed by atoms with Gasteiger partial charge in [-0.25, -0.2) is 0 Å². The molecule has 1 aromatic rings. The van der Waals surface area contributed by atoms with Crippen LogP contribution >= 0.6 is 0 Å². The summed E-state index contributed by atoms with van der Waals surface area (Å²) in [6.45, 7) is 2.30. The van der Waals surface area contributed by atoms with E-state index in [1.165, 1.54) is 0 Å². The van der Waals surface area contributed by atoms with E-state index in [2.05, 4.69) is 12.2 Å². The highest BCUT2D eigenvalue weighted by atomic mass is 16.2. The molecule has 0 spiro atoms. The van der Waals surface area contributed by atoms with Gasteiger partial charge in [-0.05, 0) is 42.9 Å². The molecule has 2 rings (SSSR count). The van der Waals surface area contributed by atoms with Crippen molar-refractivity contribution < 1.29 is 9.90 Å². The minimum absolute atomic E-state index is 0.136. The molecule has 2 unspecified atom stereocenters. The van der Waals surface area contributed by atoms with Crippen LogP contribution < -0.4 is 5.32 Å². The Labute approximate surface area is 102 Å². The lowest BCUT2D eigenvalue weighted by Crippen LogP contribution is -2.14. The fourth-order valence-corrected chi connectivity index (χ4v) is 2.01. The Kier molecular flexibility index (Phi) is 3.79. The summed E-state index contributed by atoms with van der Waals surface area (Å²) in [5.74, 6) is 0.875. The second kappa shape index (κ2) is 5.32. The van der Waals surface area contributed by atoms with Crippen molar-refractivity contribution in [2.45, 2.75) is 26.2 Å². The van der Waals surface area contributed by atoms with Gasteiger partial charge in [0, 0.05) is 18.2 Å². The van der Waals surface area contributed by atoms with Gasteiger partial charge in [-0.2, -0.15) is 0 Å². The lowest BCUT2D eigenvalue weighted by atomic mass is 10.1. The average Bonchev–Trinajstić information content (AvgIpc) is 3.04. The van der Waals surface area contributed by atoms with E-state index in [0.29, 0.717) is 5.92 Å². The number of aryl methyl sites for hydroxylation is 1. The van der Waals surface area contributed by atoms with Crippen molar-refractivity contribution in [3.8, 4) is 0 Å². The summed E-state index contributed by atoms with van der Waals surface area (Å²) in [7, 11) is 0. The molecule has 0 bridgehead atoms. The summed E-state index contributed by atoms with van der Waals surface area (Å²) in [4.78, 5) is 11.8. The van der Waals surface area contributed by atoms with Crippen LogP contribution in [0, 0.1) is 11.8 Å². The molecule has 1 amide bonds. The first-order valence-electron chi connectivity index (χ1n) is 6.21. The Bertz CT molecular complexity index is 403. The first kappa shape index (κ1) is 12.1. The molecule has 2 atom stereocenters. The van der Waals surface area contributed by atoms with E-state index in [1.807, 2.05) is 24.3 Å². The van der Waals surface area contributed by atoms with Gasteiger partial charge in [-0.3, -0.25) is 4.79 Å². The third-order valence-electron chi connectivity index (χ3n) is 3.26. The molecule has 0 aliphatic heterocycles. The Morgan fingerprint density at radius 3 is 2.94 bits per heavy atom. The minimum atomic E-state index is 0.136. The predicted octanol–water partition coefficient (Wildman–Crippen LogP) is 2.21. The maximum atomic E-state index is 11.8. The van der Waals surface area contributed by atoms with Crippen LogP contribution in [0.25, 0.3) is 0 Å². The lowest BCUT2D eigenvalue weighted by molar-refractivity contribution is -0.117. The standard InChI is InChI=1S/C14H19NO2/c1-10-8-13(10)14(17)15-12-6-2-4-11(9-12)5-3-7-16/h2,4,6,9-10,13,16H,3,5,7-8H2,1H3,(H,15,17). The first-order valence-corrected chi connectivity index (χ1v) is 6.21. The molecule has 17 heavy (non-hydrogen) atoms. The highest BCUT2D eigenvalue weighted by Crippen LogP contribution is 2.38. The number of amides is 1. The van der Waals surface area contributed by atoms with E-state index in [4.69, 9.17) is 5.11 Å². The number of hydrogen-bond donors (Lipinski definition) is 2. The maximum Gasteiger partial charge on any atom is 0.227 e. The predicted molar refractivity (Wildman–Crippen MR) is 67.7 cm³/mol. The van der Waals surface area contributed by atoms with Crippen molar-refractivity contribution in [3.63, 3.8) is 0 Å². The topological polar surface area (TPSA) is 49.3 Å². The van der Waals surface area contributed by atoms with Crippen molar-refractivity contribution in [2.75, 3.05) is 11.9 Å². The monoisotopic (exact) mass is 233 g/mol. The molecule has 0 aromatic heterocycles. The first-order chi connectivity index (χ1) is 8.20.